The van der Waals surface area contributed by atoms with Crippen LogP contribution in [0.4, 0.5) is 0 Å². The average molecular weight is 486 g/mol. The lowest BCUT2D eigenvalue weighted by Gasteiger charge is -2.41. The Morgan fingerprint density at radius 2 is 1.51 bits per heavy atom. The lowest BCUT2D eigenvalue weighted by atomic mass is 9.72. The van der Waals surface area contributed by atoms with Crippen molar-refractivity contribution in [3.8, 4) is 0 Å². The zero-order valence-corrected chi connectivity index (χ0v) is 20.3. The molecule has 1 fully saturated rings. The van der Waals surface area contributed by atoms with E-state index in [9.17, 15) is 4.79 Å². The van der Waals surface area contributed by atoms with Crippen molar-refractivity contribution in [2.24, 2.45) is 0 Å². The largest absolute Gasteiger partial charge is 0.343 e. The van der Waals surface area contributed by atoms with Crippen LogP contribution in [-0.2, 0) is 23.2 Å². The Balaban J connectivity index is 1.36. The summed E-state index contributed by atoms with van der Waals surface area (Å²) in [6.45, 7) is 1.92. The number of aromatic nitrogens is 4. The van der Waals surface area contributed by atoms with Crippen molar-refractivity contribution in [1.82, 2.24) is 25.1 Å². The first-order valence-corrected chi connectivity index (χ1v) is 12.4. The van der Waals surface area contributed by atoms with Gasteiger partial charge in [-0.15, -0.1) is 5.10 Å². The fourth-order valence-corrected chi connectivity index (χ4v) is 5.13. The number of hydrogen-bond acceptors (Lipinski definition) is 4. The maximum absolute atomic E-state index is 13.0. The van der Waals surface area contributed by atoms with Crippen molar-refractivity contribution in [2.75, 3.05) is 13.1 Å². The maximum Gasteiger partial charge on any atom is 0.222 e. The highest BCUT2D eigenvalue weighted by molar-refractivity contribution is 6.30. The second kappa shape index (κ2) is 10.4. The first kappa shape index (κ1) is 23.2. The number of carbonyl (C=O) groups is 1. The molecule has 0 radical (unpaired) electrons. The molecule has 7 heteroatoms. The Morgan fingerprint density at radius 3 is 2.20 bits per heavy atom. The molecule has 0 aliphatic carbocycles. The van der Waals surface area contributed by atoms with E-state index in [0.29, 0.717) is 31.1 Å². The minimum absolute atomic E-state index is 0.205. The van der Waals surface area contributed by atoms with E-state index in [-0.39, 0.29) is 11.3 Å². The minimum Gasteiger partial charge on any atom is -0.343 e. The molecule has 5 rings (SSSR count). The standard InChI is InChI=1S/C28H28ClN5O/c29-25-14-11-23(12-15-25)21-34-27(30-31-32-34)28(24-9-5-2-6-10-24)17-19-33(20-18-28)26(35)16-13-22-7-3-1-4-8-22/h1-12,14-15H,13,16-21H2. The summed E-state index contributed by atoms with van der Waals surface area (Å²) < 4.78 is 1.89. The summed E-state index contributed by atoms with van der Waals surface area (Å²) >= 11 is 6.07. The number of likely N-dealkylation sites (tertiary alicyclic amines) is 1. The molecule has 1 aliphatic heterocycles. The maximum atomic E-state index is 13.0. The third-order valence-electron chi connectivity index (χ3n) is 6.97. The molecule has 35 heavy (non-hydrogen) atoms. The van der Waals surface area contributed by atoms with Gasteiger partial charge in [0.15, 0.2) is 5.82 Å². The second-order valence-corrected chi connectivity index (χ2v) is 9.54. The van der Waals surface area contributed by atoms with Gasteiger partial charge in [-0.3, -0.25) is 4.79 Å². The number of halogens is 1. The molecular formula is C28H28ClN5O. The van der Waals surface area contributed by atoms with Gasteiger partial charge in [-0.1, -0.05) is 84.4 Å². The quantitative estimate of drug-likeness (QED) is 0.373. The summed E-state index contributed by atoms with van der Waals surface area (Å²) in [5.41, 5.74) is 3.11. The molecule has 1 aromatic heterocycles. The van der Waals surface area contributed by atoms with E-state index in [1.165, 1.54) is 11.1 Å². The lowest BCUT2D eigenvalue weighted by molar-refractivity contribution is -0.132. The number of piperidine rings is 1. The molecule has 1 amide bonds. The van der Waals surface area contributed by atoms with E-state index in [1.54, 1.807) is 0 Å². The van der Waals surface area contributed by atoms with Crippen LogP contribution in [0.2, 0.25) is 5.02 Å². The van der Waals surface area contributed by atoms with Gasteiger partial charge in [-0.25, -0.2) is 4.68 Å². The SMILES string of the molecule is O=C(CCc1ccccc1)N1CCC(c2ccccc2)(c2nnnn2Cc2ccc(Cl)cc2)CC1. The Morgan fingerprint density at radius 1 is 0.857 bits per heavy atom. The molecule has 0 atom stereocenters. The summed E-state index contributed by atoms with van der Waals surface area (Å²) in [5.74, 6) is 1.05. The Bertz CT molecular complexity index is 1250. The van der Waals surface area contributed by atoms with Gasteiger partial charge in [0.1, 0.15) is 0 Å². The van der Waals surface area contributed by atoms with Gasteiger partial charge >= 0.3 is 0 Å². The van der Waals surface area contributed by atoms with E-state index in [1.807, 2.05) is 58.1 Å². The number of rotatable bonds is 7. The van der Waals surface area contributed by atoms with Crippen LogP contribution >= 0.6 is 11.6 Å². The minimum atomic E-state index is -0.354. The van der Waals surface area contributed by atoms with Gasteiger partial charge < -0.3 is 4.90 Å². The van der Waals surface area contributed by atoms with Crippen LogP contribution in [0.1, 0.15) is 41.8 Å². The highest BCUT2D eigenvalue weighted by Crippen LogP contribution is 2.40. The zero-order valence-electron chi connectivity index (χ0n) is 19.6. The van der Waals surface area contributed by atoms with Crippen LogP contribution in [0.25, 0.3) is 0 Å². The summed E-state index contributed by atoms with van der Waals surface area (Å²) in [5, 5.41) is 13.6. The van der Waals surface area contributed by atoms with Crippen LogP contribution in [0.5, 0.6) is 0 Å². The number of aryl methyl sites for hydroxylation is 1. The van der Waals surface area contributed by atoms with Gasteiger partial charge in [0.25, 0.3) is 0 Å². The Labute approximate surface area is 210 Å². The molecule has 178 valence electrons. The molecule has 3 aromatic carbocycles. The number of benzene rings is 3. The average Bonchev–Trinajstić information content (AvgIpc) is 3.38. The van der Waals surface area contributed by atoms with Gasteiger partial charge in [0.2, 0.25) is 5.91 Å². The van der Waals surface area contributed by atoms with Crippen molar-refractivity contribution >= 4 is 17.5 Å². The van der Waals surface area contributed by atoms with Crippen LogP contribution in [-0.4, -0.2) is 44.1 Å². The predicted octanol–water partition coefficient (Wildman–Crippen LogP) is 4.92. The molecule has 0 N–H and O–H groups in total. The zero-order chi connectivity index (χ0) is 24.1. The van der Waals surface area contributed by atoms with E-state index >= 15 is 0 Å². The normalized spacial score (nSPS) is 15.2. The third kappa shape index (κ3) is 5.13. The number of hydrogen-bond donors (Lipinski definition) is 0. The summed E-state index contributed by atoms with van der Waals surface area (Å²) in [6, 6.07) is 28.4. The summed E-state index contributed by atoms with van der Waals surface area (Å²) in [6.07, 6.45) is 2.83. The first-order chi connectivity index (χ1) is 17.1. The van der Waals surface area contributed by atoms with Crippen molar-refractivity contribution in [3.63, 3.8) is 0 Å². The predicted molar refractivity (Wildman–Crippen MR) is 136 cm³/mol. The molecule has 0 bridgehead atoms. The number of carbonyl (C=O) groups excluding carboxylic acids is 1. The molecule has 1 saturated heterocycles. The van der Waals surface area contributed by atoms with Gasteiger partial charge in [-0.05, 0) is 58.5 Å². The van der Waals surface area contributed by atoms with E-state index in [0.717, 1.165) is 30.7 Å². The summed E-state index contributed by atoms with van der Waals surface area (Å²) in [4.78, 5) is 15.0. The Kier molecular flexibility index (Phi) is 6.91. The number of nitrogens with zero attached hydrogens (tertiary/aromatic N) is 5. The van der Waals surface area contributed by atoms with Crippen molar-refractivity contribution in [1.29, 1.82) is 0 Å². The van der Waals surface area contributed by atoms with Crippen LogP contribution in [0, 0.1) is 0 Å². The van der Waals surface area contributed by atoms with Gasteiger partial charge in [-0.2, -0.15) is 0 Å². The van der Waals surface area contributed by atoms with Gasteiger partial charge in [0.05, 0.1) is 12.0 Å². The molecule has 0 unspecified atom stereocenters. The van der Waals surface area contributed by atoms with Gasteiger partial charge in [0, 0.05) is 24.5 Å². The monoisotopic (exact) mass is 485 g/mol. The van der Waals surface area contributed by atoms with E-state index < -0.39 is 0 Å². The number of amides is 1. The Hall–Kier alpha value is -3.51. The van der Waals surface area contributed by atoms with Crippen LogP contribution < -0.4 is 0 Å². The molecule has 0 spiro atoms. The highest BCUT2D eigenvalue weighted by Gasteiger charge is 2.43. The molecule has 0 saturated carbocycles. The second-order valence-electron chi connectivity index (χ2n) is 9.10. The molecular weight excluding hydrogens is 458 g/mol. The molecule has 4 aromatic rings. The first-order valence-electron chi connectivity index (χ1n) is 12.0. The lowest BCUT2D eigenvalue weighted by Crippen LogP contribution is -2.47. The fraction of sp³-hybridized carbons (Fsp3) is 0.286. The fourth-order valence-electron chi connectivity index (χ4n) is 5.01. The molecule has 6 nitrogen and oxygen atoms in total. The van der Waals surface area contributed by atoms with Crippen LogP contribution in [0.3, 0.4) is 0 Å². The van der Waals surface area contributed by atoms with E-state index in [4.69, 9.17) is 11.6 Å². The topological polar surface area (TPSA) is 63.9 Å². The van der Waals surface area contributed by atoms with Crippen molar-refractivity contribution < 1.29 is 4.79 Å². The summed E-state index contributed by atoms with van der Waals surface area (Å²) in [7, 11) is 0. The molecule has 2 heterocycles. The smallest absolute Gasteiger partial charge is 0.222 e. The van der Waals surface area contributed by atoms with Crippen molar-refractivity contribution in [3.05, 3.63) is 112 Å². The third-order valence-corrected chi connectivity index (χ3v) is 7.22. The van der Waals surface area contributed by atoms with E-state index in [2.05, 4.69) is 51.9 Å². The highest BCUT2D eigenvalue weighted by atomic mass is 35.5. The number of tetrazole rings is 1. The van der Waals surface area contributed by atoms with Crippen LogP contribution in [0.15, 0.2) is 84.9 Å². The molecule has 1 aliphatic rings. The van der Waals surface area contributed by atoms with Crippen molar-refractivity contribution in [2.45, 2.75) is 37.6 Å².